The molecular formula is C18H27N3. The molecular weight excluding hydrogens is 258 g/mol. The fourth-order valence-corrected chi connectivity index (χ4v) is 3.84. The van der Waals surface area contributed by atoms with Crippen LogP contribution in [0.25, 0.3) is 11.0 Å². The quantitative estimate of drug-likeness (QED) is 0.903. The van der Waals surface area contributed by atoms with E-state index in [9.17, 15) is 0 Å². The van der Waals surface area contributed by atoms with Gasteiger partial charge in [0, 0.05) is 12.1 Å². The second-order valence-electron chi connectivity index (χ2n) is 6.58. The number of rotatable bonds is 3. The Morgan fingerprint density at radius 2 is 2.00 bits per heavy atom. The van der Waals surface area contributed by atoms with Gasteiger partial charge in [-0.1, -0.05) is 19.4 Å². The molecule has 1 aromatic carbocycles. The van der Waals surface area contributed by atoms with Crippen LogP contribution >= 0.6 is 0 Å². The molecule has 0 bridgehead atoms. The summed E-state index contributed by atoms with van der Waals surface area (Å²) in [5, 5.41) is 0. The van der Waals surface area contributed by atoms with Gasteiger partial charge in [-0.2, -0.15) is 0 Å². The van der Waals surface area contributed by atoms with E-state index < -0.39 is 0 Å². The number of likely N-dealkylation sites (tertiary alicyclic amines) is 1. The number of hydrogen-bond donors (Lipinski definition) is 1. The molecule has 21 heavy (non-hydrogen) atoms. The van der Waals surface area contributed by atoms with Crippen molar-refractivity contribution in [3.8, 4) is 0 Å². The standard InChI is InChI=1S/C18H27N3/c1-5-15-9-10-16-17(11-15)20-18(19-16)14(4)21-12(2)7-6-8-13(21)3/h9-14H,5-8H2,1-4H3,(H,19,20). The number of aromatic nitrogens is 2. The molecule has 1 saturated heterocycles. The van der Waals surface area contributed by atoms with Gasteiger partial charge < -0.3 is 4.98 Å². The smallest absolute Gasteiger partial charge is 0.124 e. The average Bonchev–Trinajstić information content (AvgIpc) is 2.89. The van der Waals surface area contributed by atoms with E-state index in [1.54, 1.807) is 0 Å². The van der Waals surface area contributed by atoms with Gasteiger partial charge in [-0.25, -0.2) is 4.98 Å². The van der Waals surface area contributed by atoms with Gasteiger partial charge >= 0.3 is 0 Å². The molecule has 0 amide bonds. The van der Waals surface area contributed by atoms with Crippen LogP contribution < -0.4 is 0 Å². The molecule has 3 rings (SSSR count). The van der Waals surface area contributed by atoms with Crippen LogP contribution in [0.4, 0.5) is 0 Å². The maximum Gasteiger partial charge on any atom is 0.124 e. The van der Waals surface area contributed by atoms with E-state index in [1.165, 1.54) is 30.3 Å². The number of benzene rings is 1. The van der Waals surface area contributed by atoms with Gasteiger partial charge in [0.15, 0.2) is 0 Å². The first-order valence-electron chi connectivity index (χ1n) is 8.36. The second kappa shape index (κ2) is 5.80. The lowest BCUT2D eigenvalue weighted by Gasteiger charge is -2.42. The highest BCUT2D eigenvalue weighted by atomic mass is 15.2. The van der Waals surface area contributed by atoms with Crippen molar-refractivity contribution in [2.45, 2.75) is 71.5 Å². The molecule has 1 N–H and O–H groups in total. The van der Waals surface area contributed by atoms with Crippen LogP contribution in [0, 0.1) is 0 Å². The van der Waals surface area contributed by atoms with Gasteiger partial charge in [0.05, 0.1) is 17.1 Å². The Morgan fingerprint density at radius 1 is 1.29 bits per heavy atom. The van der Waals surface area contributed by atoms with Crippen LogP contribution in [0.3, 0.4) is 0 Å². The number of aromatic amines is 1. The monoisotopic (exact) mass is 285 g/mol. The molecule has 0 radical (unpaired) electrons. The SMILES string of the molecule is CCc1ccc2nc(C(C)N3C(C)CCCC3C)[nH]c2c1. The first-order chi connectivity index (χ1) is 10.1. The molecule has 0 saturated carbocycles. The van der Waals surface area contributed by atoms with Gasteiger partial charge in [-0.3, -0.25) is 4.90 Å². The van der Waals surface area contributed by atoms with E-state index in [4.69, 9.17) is 4.98 Å². The normalized spacial score (nSPS) is 25.3. The summed E-state index contributed by atoms with van der Waals surface area (Å²) in [5.41, 5.74) is 3.63. The number of aryl methyl sites for hydroxylation is 1. The van der Waals surface area contributed by atoms with Crippen LogP contribution in [0.2, 0.25) is 0 Å². The second-order valence-corrected chi connectivity index (χ2v) is 6.58. The number of nitrogens with zero attached hydrogens (tertiary/aromatic N) is 2. The predicted molar refractivity (Wildman–Crippen MR) is 88.5 cm³/mol. The molecule has 1 aliphatic rings. The lowest BCUT2D eigenvalue weighted by molar-refractivity contribution is 0.0590. The summed E-state index contributed by atoms with van der Waals surface area (Å²) in [6.07, 6.45) is 5.02. The highest BCUT2D eigenvalue weighted by Gasteiger charge is 2.30. The molecule has 0 spiro atoms. The van der Waals surface area contributed by atoms with E-state index in [2.05, 4.69) is 55.8 Å². The maximum atomic E-state index is 4.83. The molecule has 3 nitrogen and oxygen atoms in total. The third kappa shape index (κ3) is 2.71. The average molecular weight is 285 g/mol. The fraction of sp³-hybridized carbons (Fsp3) is 0.611. The van der Waals surface area contributed by atoms with Crippen LogP contribution in [-0.4, -0.2) is 27.0 Å². The zero-order valence-corrected chi connectivity index (χ0v) is 13.7. The third-order valence-electron chi connectivity index (χ3n) is 5.08. The maximum absolute atomic E-state index is 4.83. The van der Waals surface area contributed by atoms with E-state index in [1.807, 2.05) is 0 Å². The topological polar surface area (TPSA) is 31.9 Å². The summed E-state index contributed by atoms with van der Waals surface area (Å²) in [6, 6.07) is 8.20. The molecule has 1 aromatic heterocycles. The van der Waals surface area contributed by atoms with Crippen LogP contribution in [-0.2, 0) is 6.42 Å². The Hall–Kier alpha value is -1.35. The van der Waals surface area contributed by atoms with Gasteiger partial charge in [-0.15, -0.1) is 0 Å². The molecule has 0 aliphatic carbocycles. The van der Waals surface area contributed by atoms with Crippen molar-refractivity contribution >= 4 is 11.0 Å². The minimum atomic E-state index is 0.354. The van der Waals surface area contributed by atoms with Crippen molar-refractivity contribution < 1.29 is 0 Å². The lowest BCUT2D eigenvalue weighted by atomic mass is 9.95. The van der Waals surface area contributed by atoms with E-state index in [0.717, 1.165) is 17.8 Å². The number of imidazole rings is 1. The Morgan fingerprint density at radius 3 is 2.67 bits per heavy atom. The molecule has 114 valence electrons. The first kappa shape index (κ1) is 14.6. The number of nitrogens with one attached hydrogen (secondary N) is 1. The zero-order chi connectivity index (χ0) is 15.0. The van der Waals surface area contributed by atoms with Crippen LogP contribution in [0.1, 0.15) is 64.4 Å². The van der Waals surface area contributed by atoms with Crippen molar-refractivity contribution in [2.75, 3.05) is 0 Å². The molecule has 3 heteroatoms. The van der Waals surface area contributed by atoms with Crippen molar-refractivity contribution in [1.82, 2.24) is 14.9 Å². The van der Waals surface area contributed by atoms with Crippen molar-refractivity contribution in [3.05, 3.63) is 29.6 Å². The van der Waals surface area contributed by atoms with Crippen LogP contribution in [0.5, 0.6) is 0 Å². The van der Waals surface area contributed by atoms with Crippen LogP contribution in [0.15, 0.2) is 18.2 Å². The van der Waals surface area contributed by atoms with Gasteiger partial charge in [0.2, 0.25) is 0 Å². The summed E-state index contributed by atoms with van der Waals surface area (Å²) in [7, 11) is 0. The lowest BCUT2D eigenvalue weighted by Crippen LogP contribution is -2.45. The third-order valence-corrected chi connectivity index (χ3v) is 5.08. The van der Waals surface area contributed by atoms with E-state index in [-0.39, 0.29) is 0 Å². The number of fused-ring (bicyclic) bond motifs is 1. The molecule has 3 atom stereocenters. The van der Waals surface area contributed by atoms with E-state index in [0.29, 0.717) is 18.1 Å². The Labute approximate surface area is 127 Å². The Kier molecular flexibility index (Phi) is 4.03. The van der Waals surface area contributed by atoms with Crippen molar-refractivity contribution in [1.29, 1.82) is 0 Å². The number of H-pyrrole nitrogens is 1. The minimum Gasteiger partial charge on any atom is -0.341 e. The highest BCUT2D eigenvalue weighted by Crippen LogP contribution is 2.31. The summed E-state index contributed by atoms with van der Waals surface area (Å²) in [5.74, 6) is 1.11. The van der Waals surface area contributed by atoms with Gasteiger partial charge in [0.1, 0.15) is 5.82 Å². The van der Waals surface area contributed by atoms with Gasteiger partial charge in [0.25, 0.3) is 0 Å². The summed E-state index contributed by atoms with van der Waals surface area (Å²) < 4.78 is 0. The highest BCUT2D eigenvalue weighted by molar-refractivity contribution is 5.76. The summed E-state index contributed by atoms with van der Waals surface area (Å²) in [6.45, 7) is 9.18. The first-order valence-corrected chi connectivity index (χ1v) is 8.36. The zero-order valence-electron chi connectivity index (χ0n) is 13.7. The largest absolute Gasteiger partial charge is 0.341 e. The van der Waals surface area contributed by atoms with E-state index >= 15 is 0 Å². The molecule has 2 heterocycles. The number of hydrogen-bond acceptors (Lipinski definition) is 2. The summed E-state index contributed by atoms with van der Waals surface area (Å²) in [4.78, 5) is 11.0. The molecule has 3 unspecified atom stereocenters. The minimum absolute atomic E-state index is 0.354. The molecule has 1 fully saturated rings. The molecule has 2 aromatic rings. The Bertz CT molecular complexity index is 606. The summed E-state index contributed by atoms with van der Waals surface area (Å²) >= 11 is 0. The fourth-order valence-electron chi connectivity index (χ4n) is 3.84. The number of piperidine rings is 1. The Balaban J connectivity index is 1.91. The predicted octanol–water partition coefficient (Wildman–Crippen LogP) is 4.45. The van der Waals surface area contributed by atoms with Crippen molar-refractivity contribution in [2.24, 2.45) is 0 Å². The van der Waals surface area contributed by atoms with Crippen molar-refractivity contribution in [3.63, 3.8) is 0 Å². The molecule has 1 aliphatic heterocycles. The van der Waals surface area contributed by atoms with Gasteiger partial charge in [-0.05, 0) is 57.7 Å².